The molecule has 0 saturated carbocycles. The number of benzene rings is 2. The zero-order valence-corrected chi connectivity index (χ0v) is 16.0. The number of aliphatic hydroxyl groups is 1. The number of nitrogens with zero attached hydrogens (tertiary/aromatic N) is 1. The smallest absolute Gasteiger partial charge is 0.255 e. The van der Waals surface area contributed by atoms with Crippen LogP contribution in [-0.4, -0.2) is 37.2 Å². The molecule has 0 spiro atoms. The van der Waals surface area contributed by atoms with E-state index in [1.807, 2.05) is 36.0 Å². The standard InChI is InChI=1S/C19H21N3O5S/c1-22-9-8-13-10-14(2-7-17(13)22)18(23)11-21-28(25,26)16-5-3-15(4-6-16)27-12-19(20)24/h2-10,18,21,23H,11-12H2,1H3,(H2,20,24)/t18-/m0/s1. The van der Waals surface area contributed by atoms with Crippen molar-refractivity contribution in [1.82, 2.24) is 9.29 Å². The Morgan fingerprint density at radius 2 is 1.93 bits per heavy atom. The van der Waals surface area contributed by atoms with E-state index in [0.29, 0.717) is 11.3 Å². The molecule has 9 heteroatoms. The number of aromatic nitrogens is 1. The van der Waals surface area contributed by atoms with Crippen molar-refractivity contribution in [2.45, 2.75) is 11.0 Å². The molecule has 1 atom stereocenters. The molecule has 0 fully saturated rings. The Morgan fingerprint density at radius 3 is 2.61 bits per heavy atom. The van der Waals surface area contributed by atoms with Gasteiger partial charge in [0.2, 0.25) is 10.0 Å². The molecule has 0 aliphatic carbocycles. The fourth-order valence-electron chi connectivity index (χ4n) is 2.77. The van der Waals surface area contributed by atoms with Crippen LogP contribution >= 0.6 is 0 Å². The number of sulfonamides is 1. The van der Waals surface area contributed by atoms with Crippen LogP contribution in [0.3, 0.4) is 0 Å². The number of carbonyl (C=O) groups excluding carboxylic acids is 1. The predicted molar refractivity (Wildman–Crippen MR) is 104 cm³/mol. The molecule has 148 valence electrons. The van der Waals surface area contributed by atoms with E-state index >= 15 is 0 Å². The number of amides is 1. The highest BCUT2D eigenvalue weighted by Crippen LogP contribution is 2.21. The maximum Gasteiger partial charge on any atom is 0.255 e. The van der Waals surface area contributed by atoms with Gasteiger partial charge < -0.3 is 20.1 Å². The second-order valence-electron chi connectivity index (χ2n) is 6.34. The SMILES string of the molecule is Cn1ccc2cc([C@@H](O)CNS(=O)(=O)c3ccc(OCC(N)=O)cc3)ccc21. The van der Waals surface area contributed by atoms with Gasteiger partial charge in [-0.05, 0) is 53.4 Å². The monoisotopic (exact) mass is 403 g/mol. The van der Waals surface area contributed by atoms with Crippen molar-refractivity contribution >= 4 is 26.8 Å². The van der Waals surface area contributed by atoms with Gasteiger partial charge in [-0.15, -0.1) is 0 Å². The summed E-state index contributed by atoms with van der Waals surface area (Å²) >= 11 is 0. The highest BCUT2D eigenvalue weighted by Gasteiger charge is 2.17. The van der Waals surface area contributed by atoms with Crippen LogP contribution in [0.1, 0.15) is 11.7 Å². The number of rotatable bonds is 8. The summed E-state index contributed by atoms with van der Waals surface area (Å²) in [5, 5.41) is 11.3. The van der Waals surface area contributed by atoms with Gasteiger partial charge in [0.1, 0.15) is 5.75 Å². The van der Waals surface area contributed by atoms with E-state index in [-0.39, 0.29) is 18.0 Å². The lowest BCUT2D eigenvalue weighted by Gasteiger charge is -2.13. The lowest BCUT2D eigenvalue weighted by Crippen LogP contribution is -2.28. The Hall–Kier alpha value is -2.88. The molecule has 0 saturated heterocycles. The number of nitrogens with two attached hydrogens (primary N) is 1. The number of aliphatic hydroxyl groups excluding tert-OH is 1. The van der Waals surface area contributed by atoms with Crippen LogP contribution in [0.25, 0.3) is 10.9 Å². The molecular weight excluding hydrogens is 382 g/mol. The number of hydrogen-bond donors (Lipinski definition) is 3. The van der Waals surface area contributed by atoms with Crippen LogP contribution in [-0.2, 0) is 21.9 Å². The van der Waals surface area contributed by atoms with E-state index in [1.54, 1.807) is 6.07 Å². The lowest BCUT2D eigenvalue weighted by atomic mass is 10.1. The number of ether oxygens (including phenoxy) is 1. The summed E-state index contributed by atoms with van der Waals surface area (Å²) in [6.45, 7) is -0.455. The minimum atomic E-state index is -3.81. The first kappa shape index (κ1) is 19.9. The molecule has 1 aromatic heterocycles. The van der Waals surface area contributed by atoms with Crippen LogP contribution in [0.15, 0.2) is 59.6 Å². The maximum atomic E-state index is 12.4. The van der Waals surface area contributed by atoms with Crippen molar-refractivity contribution in [3.05, 3.63) is 60.3 Å². The molecule has 0 bridgehead atoms. The molecule has 1 heterocycles. The lowest BCUT2D eigenvalue weighted by molar-refractivity contribution is -0.119. The van der Waals surface area contributed by atoms with Crippen molar-refractivity contribution in [2.24, 2.45) is 12.8 Å². The number of aryl methyl sites for hydroxylation is 1. The Bertz CT molecular complexity index is 1090. The maximum absolute atomic E-state index is 12.4. The predicted octanol–water partition coefficient (Wildman–Crippen LogP) is 1.05. The normalized spacial score (nSPS) is 12.8. The van der Waals surface area contributed by atoms with E-state index in [9.17, 15) is 18.3 Å². The van der Waals surface area contributed by atoms with E-state index in [1.165, 1.54) is 24.3 Å². The quantitative estimate of drug-likeness (QED) is 0.519. The van der Waals surface area contributed by atoms with Gasteiger partial charge in [0.25, 0.3) is 5.91 Å². The van der Waals surface area contributed by atoms with Gasteiger partial charge in [0.15, 0.2) is 6.61 Å². The Kier molecular flexibility index (Phi) is 5.68. The van der Waals surface area contributed by atoms with Gasteiger partial charge in [-0.25, -0.2) is 13.1 Å². The molecule has 0 unspecified atom stereocenters. The highest BCUT2D eigenvalue weighted by molar-refractivity contribution is 7.89. The number of primary amides is 1. The van der Waals surface area contributed by atoms with Crippen LogP contribution in [0.4, 0.5) is 0 Å². The Labute approximate surface area is 162 Å². The largest absolute Gasteiger partial charge is 0.484 e. The molecule has 2 aromatic carbocycles. The second-order valence-corrected chi connectivity index (χ2v) is 8.11. The summed E-state index contributed by atoms with van der Waals surface area (Å²) < 4.78 is 34.3. The molecule has 28 heavy (non-hydrogen) atoms. The van der Waals surface area contributed by atoms with Gasteiger partial charge in [-0.2, -0.15) is 0 Å². The highest BCUT2D eigenvalue weighted by atomic mass is 32.2. The first-order valence-electron chi connectivity index (χ1n) is 8.50. The first-order chi connectivity index (χ1) is 13.3. The molecule has 0 aliphatic heterocycles. The first-order valence-corrected chi connectivity index (χ1v) is 9.98. The zero-order chi connectivity index (χ0) is 20.3. The number of carbonyl (C=O) groups is 1. The molecular formula is C19H21N3O5S. The fourth-order valence-corrected chi connectivity index (χ4v) is 3.81. The molecule has 1 amide bonds. The molecule has 3 rings (SSSR count). The summed E-state index contributed by atoms with van der Waals surface area (Å²) in [6, 6.07) is 13.0. The third-order valence-electron chi connectivity index (χ3n) is 4.28. The number of fused-ring (bicyclic) bond motifs is 1. The average molecular weight is 403 g/mol. The zero-order valence-electron chi connectivity index (χ0n) is 15.2. The molecule has 3 aromatic rings. The molecule has 4 N–H and O–H groups in total. The van der Waals surface area contributed by atoms with Crippen molar-refractivity contribution in [3.8, 4) is 5.75 Å². The van der Waals surface area contributed by atoms with E-state index in [2.05, 4.69) is 4.72 Å². The van der Waals surface area contributed by atoms with Gasteiger partial charge >= 0.3 is 0 Å². The molecule has 8 nitrogen and oxygen atoms in total. The van der Waals surface area contributed by atoms with Crippen LogP contribution in [0.5, 0.6) is 5.75 Å². The average Bonchev–Trinajstić information content (AvgIpc) is 3.05. The summed E-state index contributed by atoms with van der Waals surface area (Å²) in [7, 11) is -1.88. The van der Waals surface area contributed by atoms with Crippen LogP contribution in [0.2, 0.25) is 0 Å². The van der Waals surface area contributed by atoms with Gasteiger partial charge in [0, 0.05) is 25.3 Å². The summed E-state index contributed by atoms with van der Waals surface area (Å²) in [5.41, 5.74) is 6.64. The summed E-state index contributed by atoms with van der Waals surface area (Å²) in [5.74, 6) is -0.296. The second kappa shape index (κ2) is 8.01. The summed E-state index contributed by atoms with van der Waals surface area (Å²) in [6.07, 6.45) is 0.929. The Balaban J connectivity index is 1.65. The third kappa shape index (κ3) is 4.50. The van der Waals surface area contributed by atoms with Gasteiger partial charge in [-0.1, -0.05) is 6.07 Å². The van der Waals surface area contributed by atoms with E-state index < -0.39 is 22.0 Å². The topological polar surface area (TPSA) is 124 Å². The van der Waals surface area contributed by atoms with Crippen molar-refractivity contribution < 1.29 is 23.1 Å². The van der Waals surface area contributed by atoms with Gasteiger partial charge in [-0.3, -0.25) is 4.79 Å². The molecule has 0 aliphatic rings. The van der Waals surface area contributed by atoms with Gasteiger partial charge in [0.05, 0.1) is 11.0 Å². The van der Waals surface area contributed by atoms with Crippen molar-refractivity contribution in [2.75, 3.05) is 13.2 Å². The third-order valence-corrected chi connectivity index (χ3v) is 5.72. The Morgan fingerprint density at radius 1 is 1.21 bits per heavy atom. The van der Waals surface area contributed by atoms with Crippen molar-refractivity contribution in [3.63, 3.8) is 0 Å². The van der Waals surface area contributed by atoms with E-state index in [4.69, 9.17) is 10.5 Å². The van der Waals surface area contributed by atoms with Crippen LogP contribution in [0, 0.1) is 0 Å². The molecule has 0 radical (unpaired) electrons. The number of hydrogen-bond acceptors (Lipinski definition) is 5. The fraction of sp³-hybridized carbons (Fsp3) is 0.211. The van der Waals surface area contributed by atoms with Crippen LogP contribution < -0.4 is 15.2 Å². The summed E-state index contributed by atoms with van der Waals surface area (Å²) in [4.78, 5) is 10.7. The minimum absolute atomic E-state index is 0.0182. The minimum Gasteiger partial charge on any atom is -0.484 e. The van der Waals surface area contributed by atoms with E-state index in [0.717, 1.165) is 10.9 Å². The number of nitrogens with one attached hydrogen (secondary N) is 1. The van der Waals surface area contributed by atoms with Crippen molar-refractivity contribution in [1.29, 1.82) is 0 Å².